The largest absolute Gasteiger partial charge is 0.352 e. The number of fused-ring (bicyclic) bond motifs is 3. The van der Waals surface area contributed by atoms with Crippen LogP contribution in [-0.2, 0) is 0 Å². The van der Waals surface area contributed by atoms with Crippen LogP contribution in [0.3, 0.4) is 0 Å². The first kappa shape index (κ1) is 23.1. The Morgan fingerprint density at radius 3 is 2.59 bits per heavy atom. The minimum Gasteiger partial charge on any atom is -0.352 e. The molecule has 1 fully saturated rings. The van der Waals surface area contributed by atoms with Crippen LogP contribution in [0, 0.1) is 6.92 Å². The number of hydrogen-bond acceptors (Lipinski definition) is 3. The number of hydrogen-bond donors (Lipinski definition) is 2. The maximum Gasteiger partial charge on any atom is 0.251 e. The lowest BCUT2D eigenvalue weighted by Crippen LogP contribution is -2.45. The summed E-state index contributed by atoms with van der Waals surface area (Å²) < 4.78 is 0. The fraction of sp³-hybridized carbons (Fsp3) is 0.345. The molecule has 3 aromatic carbocycles. The molecule has 0 radical (unpaired) electrons. The van der Waals surface area contributed by atoms with Crippen molar-refractivity contribution in [3.05, 3.63) is 81.9 Å². The van der Waals surface area contributed by atoms with Gasteiger partial charge in [-0.3, -0.25) is 9.69 Å². The van der Waals surface area contributed by atoms with Gasteiger partial charge in [0.25, 0.3) is 5.91 Å². The van der Waals surface area contributed by atoms with Crippen LogP contribution in [0.5, 0.6) is 0 Å². The topological polar surface area (TPSA) is 44.4 Å². The molecule has 1 amide bonds. The summed E-state index contributed by atoms with van der Waals surface area (Å²) in [4.78, 5) is 15.8. The molecule has 2 aliphatic rings. The molecule has 5 rings (SSSR count). The predicted octanol–water partition coefficient (Wildman–Crippen LogP) is 5.82. The Labute approximate surface area is 207 Å². The first-order valence-electron chi connectivity index (χ1n) is 12.4. The highest BCUT2D eigenvalue weighted by atomic mass is 35.5. The molecule has 2 N–H and O–H groups in total. The third-order valence-corrected chi connectivity index (χ3v) is 7.55. The van der Waals surface area contributed by atoms with Crippen molar-refractivity contribution in [1.82, 2.24) is 15.5 Å². The van der Waals surface area contributed by atoms with Crippen molar-refractivity contribution < 1.29 is 4.79 Å². The molecule has 0 saturated carbocycles. The molecule has 1 unspecified atom stereocenters. The highest BCUT2D eigenvalue weighted by Gasteiger charge is 2.36. The van der Waals surface area contributed by atoms with Gasteiger partial charge in [0.05, 0.1) is 6.04 Å². The number of benzene rings is 3. The molecule has 1 aliphatic heterocycles. The first-order valence-corrected chi connectivity index (χ1v) is 12.7. The lowest BCUT2D eigenvalue weighted by Gasteiger charge is -2.34. The molecule has 176 valence electrons. The molecule has 0 spiro atoms. The maximum absolute atomic E-state index is 13.2. The molecule has 1 atom stereocenters. The molecule has 1 saturated heterocycles. The zero-order chi connectivity index (χ0) is 23.7. The molecule has 5 heteroatoms. The van der Waals surface area contributed by atoms with Gasteiger partial charge in [0, 0.05) is 43.3 Å². The third-order valence-electron chi connectivity index (χ3n) is 7.14. The van der Waals surface area contributed by atoms with Crippen LogP contribution in [0.1, 0.15) is 52.9 Å². The average molecular weight is 474 g/mol. The number of nitrogens with one attached hydrogen (secondary N) is 2. The van der Waals surface area contributed by atoms with Gasteiger partial charge in [-0.15, -0.1) is 0 Å². The van der Waals surface area contributed by atoms with Crippen molar-refractivity contribution >= 4 is 17.5 Å². The van der Waals surface area contributed by atoms with Crippen LogP contribution in [0.25, 0.3) is 22.3 Å². The highest BCUT2D eigenvalue weighted by Crippen LogP contribution is 2.51. The quantitative estimate of drug-likeness (QED) is 0.443. The maximum atomic E-state index is 13.2. The number of nitrogens with zero attached hydrogens (tertiary/aromatic N) is 1. The van der Waals surface area contributed by atoms with Crippen LogP contribution in [0.15, 0.2) is 54.6 Å². The summed E-state index contributed by atoms with van der Waals surface area (Å²) in [5, 5.41) is 7.34. The van der Waals surface area contributed by atoms with Crippen LogP contribution in [0.4, 0.5) is 0 Å². The number of carbonyl (C=O) groups is 1. The zero-order valence-corrected chi connectivity index (χ0v) is 20.7. The second kappa shape index (κ2) is 9.91. The molecule has 34 heavy (non-hydrogen) atoms. The Hall–Kier alpha value is -2.66. The normalized spacial score (nSPS) is 17.3. The Morgan fingerprint density at radius 1 is 1.03 bits per heavy atom. The lowest BCUT2D eigenvalue weighted by molar-refractivity contribution is 0.0953. The number of rotatable bonds is 6. The van der Waals surface area contributed by atoms with Gasteiger partial charge in [0.2, 0.25) is 0 Å². The average Bonchev–Trinajstić information content (AvgIpc) is 3.20. The van der Waals surface area contributed by atoms with Gasteiger partial charge in [-0.05, 0) is 70.5 Å². The van der Waals surface area contributed by atoms with E-state index in [1.807, 2.05) is 12.1 Å². The van der Waals surface area contributed by atoms with Crippen molar-refractivity contribution in [2.24, 2.45) is 0 Å². The lowest BCUT2D eigenvalue weighted by atomic mass is 9.89. The zero-order valence-electron chi connectivity index (χ0n) is 20.0. The molecular formula is C29H32ClN3O. The number of piperazine rings is 1. The fourth-order valence-corrected chi connectivity index (χ4v) is 5.54. The Bertz CT molecular complexity index is 1220. The van der Waals surface area contributed by atoms with Gasteiger partial charge in [-0.1, -0.05) is 61.3 Å². The van der Waals surface area contributed by atoms with Crippen LogP contribution in [0.2, 0.25) is 5.02 Å². The van der Waals surface area contributed by atoms with E-state index in [-0.39, 0.29) is 11.9 Å². The van der Waals surface area contributed by atoms with Crippen LogP contribution < -0.4 is 10.6 Å². The van der Waals surface area contributed by atoms with Crippen molar-refractivity contribution in [2.75, 3.05) is 32.7 Å². The summed E-state index contributed by atoms with van der Waals surface area (Å²) >= 11 is 6.56. The second-order valence-corrected chi connectivity index (χ2v) is 9.69. The van der Waals surface area contributed by atoms with E-state index in [1.54, 1.807) is 0 Å². The molecule has 0 bridgehead atoms. The van der Waals surface area contributed by atoms with Crippen molar-refractivity contribution in [3.8, 4) is 22.3 Å². The van der Waals surface area contributed by atoms with Gasteiger partial charge < -0.3 is 10.6 Å². The van der Waals surface area contributed by atoms with E-state index >= 15 is 0 Å². The van der Waals surface area contributed by atoms with Crippen molar-refractivity contribution in [1.29, 1.82) is 0 Å². The molecule has 1 heterocycles. The SMILES string of the molecule is CCCCNC(=O)c1cc(-c2cccc(Cl)c2C)c2c(c1)C(N1CCNCC1)c1ccccc1-2. The smallest absolute Gasteiger partial charge is 0.251 e. The highest BCUT2D eigenvalue weighted by molar-refractivity contribution is 6.31. The van der Waals surface area contributed by atoms with E-state index in [1.165, 1.54) is 22.3 Å². The Balaban J connectivity index is 1.72. The van der Waals surface area contributed by atoms with Crippen molar-refractivity contribution in [2.45, 2.75) is 32.7 Å². The molecule has 3 aromatic rings. The van der Waals surface area contributed by atoms with Gasteiger partial charge in [-0.25, -0.2) is 0 Å². The van der Waals surface area contributed by atoms with Crippen molar-refractivity contribution in [3.63, 3.8) is 0 Å². The third kappa shape index (κ3) is 4.15. The summed E-state index contributed by atoms with van der Waals surface area (Å²) in [6.07, 6.45) is 2.03. The summed E-state index contributed by atoms with van der Waals surface area (Å²) in [6, 6.07) is 19.1. The van der Waals surface area contributed by atoms with E-state index < -0.39 is 0 Å². The molecule has 1 aliphatic carbocycles. The summed E-state index contributed by atoms with van der Waals surface area (Å²) in [5.74, 6) is -0.00722. The van der Waals surface area contributed by atoms with Crippen LogP contribution >= 0.6 is 11.6 Å². The molecule has 4 nitrogen and oxygen atoms in total. The standard InChI is InChI=1S/C29H32ClN3O/c1-3-4-12-32-29(34)20-17-24(21-10-7-11-26(30)19(21)2)27-22-8-5-6-9-23(22)28(25(27)18-20)33-15-13-31-14-16-33/h5-11,17-18,28,31H,3-4,12-16H2,1-2H3,(H,32,34). The summed E-state index contributed by atoms with van der Waals surface area (Å²) in [5.41, 5.74) is 8.97. The first-order chi connectivity index (χ1) is 16.6. The number of halogens is 1. The summed E-state index contributed by atoms with van der Waals surface area (Å²) in [7, 11) is 0. The Morgan fingerprint density at radius 2 is 1.79 bits per heavy atom. The van der Waals surface area contributed by atoms with Gasteiger partial charge in [0.1, 0.15) is 0 Å². The fourth-order valence-electron chi connectivity index (χ4n) is 5.37. The van der Waals surface area contributed by atoms with Crippen LogP contribution in [-0.4, -0.2) is 43.5 Å². The summed E-state index contributed by atoms with van der Waals surface area (Å²) in [6.45, 7) is 8.81. The number of carbonyl (C=O) groups excluding carboxylic acids is 1. The molecule has 0 aromatic heterocycles. The van der Waals surface area contributed by atoms with E-state index in [2.05, 4.69) is 71.8 Å². The predicted molar refractivity (Wildman–Crippen MR) is 141 cm³/mol. The van der Waals surface area contributed by atoms with Gasteiger partial charge >= 0.3 is 0 Å². The van der Waals surface area contributed by atoms with Gasteiger partial charge in [0.15, 0.2) is 0 Å². The minimum absolute atomic E-state index is 0.00722. The van der Waals surface area contributed by atoms with E-state index in [0.29, 0.717) is 6.54 Å². The van der Waals surface area contributed by atoms with E-state index in [0.717, 1.165) is 66.3 Å². The Kier molecular flexibility index (Phi) is 6.73. The molecular weight excluding hydrogens is 442 g/mol. The minimum atomic E-state index is -0.00722. The second-order valence-electron chi connectivity index (χ2n) is 9.29. The monoisotopic (exact) mass is 473 g/mol. The number of amides is 1. The van der Waals surface area contributed by atoms with E-state index in [9.17, 15) is 4.79 Å². The van der Waals surface area contributed by atoms with Gasteiger partial charge in [-0.2, -0.15) is 0 Å². The number of unbranched alkanes of at least 4 members (excludes halogenated alkanes) is 1. The van der Waals surface area contributed by atoms with E-state index in [4.69, 9.17) is 11.6 Å².